The monoisotopic (exact) mass is 2020 g/mol. The highest BCUT2D eigenvalue weighted by atomic mass is 32.1. The van der Waals surface area contributed by atoms with E-state index in [4.69, 9.17) is 30.9 Å². The van der Waals surface area contributed by atoms with E-state index in [1.807, 2.05) is 59.9 Å². The van der Waals surface area contributed by atoms with E-state index >= 15 is 0 Å². The molecule has 0 aliphatic heterocycles. The van der Waals surface area contributed by atoms with Gasteiger partial charge in [0.1, 0.15) is 55.8 Å². The van der Waals surface area contributed by atoms with Crippen molar-refractivity contribution in [1.82, 2.24) is 0 Å². The summed E-state index contributed by atoms with van der Waals surface area (Å²) in [6.45, 7) is 0. The first-order valence-electron chi connectivity index (χ1n) is 49.8. The Bertz CT molecular complexity index is 10800. The van der Waals surface area contributed by atoms with Crippen LogP contribution in [0, 0.1) is 0 Å². The lowest BCUT2D eigenvalue weighted by Crippen LogP contribution is -2.11. The van der Waals surface area contributed by atoms with Gasteiger partial charge in [0.05, 0.1) is 24.5 Å². The van der Waals surface area contributed by atoms with Crippen LogP contribution in [-0.2, 0) is 0 Å². The van der Waals surface area contributed by atoms with Crippen molar-refractivity contribution in [1.29, 1.82) is 0 Å². The van der Waals surface area contributed by atoms with Crippen LogP contribution < -0.4 is 19.6 Å². The molecule has 21 aromatic carbocycles. The van der Waals surface area contributed by atoms with Crippen LogP contribution in [0.2, 0.25) is 0 Å². The number of thiophene rings is 5. The average Bonchev–Trinajstić information content (AvgIpc) is 1.59. The van der Waals surface area contributed by atoms with E-state index in [0.717, 1.165) is 200 Å². The van der Waals surface area contributed by atoms with Crippen molar-refractivity contribution in [3.8, 4) is 11.1 Å². The molecule has 11 nitrogen and oxygen atoms in total. The quantitative estimate of drug-likeness (QED) is 0.110. The third-order valence-electron chi connectivity index (χ3n) is 28.7. The van der Waals surface area contributed by atoms with Gasteiger partial charge in [0.25, 0.3) is 0 Å². The number of rotatable bonds is 13. The Hall–Kier alpha value is -18.5. The van der Waals surface area contributed by atoms with E-state index in [9.17, 15) is 0 Å². The number of fused-ring (bicyclic) bond motifs is 32. The van der Waals surface area contributed by atoms with Gasteiger partial charge in [0.15, 0.2) is 22.3 Å². The zero-order valence-electron chi connectivity index (χ0n) is 79.9. The molecule has 12 heterocycles. The Morgan fingerprint density at radius 1 is 0.133 bits per heavy atom. The number of nitrogens with zero attached hydrogens (tertiary/aromatic N) is 4. The molecule has 33 rings (SSSR count). The largest absolute Gasteiger partial charge is 0.456 e. The minimum absolute atomic E-state index is 0.879. The van der Waals surface area contributed by atoms with Crippen LogP contribution in [0.4, 0.5) is 68.2 Å². The Morgan fingerprint density at radius 3 is 0.740 bits per heavy atom. The Balaban J connectivity index is 0.0000000921. The molecule has 0 saturated heterocycles. The molecule has 0 radical (unpaired) electrons. The molecular formula is C134H80N4O7S5. The molecule has 0 amide bonds. The van der Waals surface area contributed by atoms with E-state index in [1.54, 1.807) is 45.3 Å². The topological polar surface area (TPSA) is 105 Å². The van der Waals surface area contributed by atoms with Gasteiger partial charge < -0.3 is 50.5 Å². The van der Waals surface area contributed by atoms with Crippen LogP contribution in [0.1, 0.15) is 0 Å². The first-order chi connectivity index (χ1) is 74.3. The van der Waals surface area contributed by atoms with Crippen LogP contribution in [0.3, 0.4) is 0 Å². The van der Waals surface area contributed by atoms with Gasteiger partial charge in [-0.15, -0.1) is 56.7 Å². The van der Waals surface area contributed by atoms with E-state index in [1.165, 1.54) is 90.3 Å². The third kappa shape index (κ3) is 14.8. The molecule has 0 N–H and O–H groups in total. The molecule has 0 atom stereocenters. The summed E-state index contributed by atoms with van der Waals surface area (Å²) in [6, 6.07) is 170. The summed E-state index contributed by atoms with van der Waals surface area (Å²) < 4.78 is 56.7. The predicted molar refractivity (Wildman–Crippen MR) is 635 cm³/mol. The minimum Gasteiger partial charge on any atom is -0.456 e. The summed E-state index contributed by atoms with van der Waals surface area (Å²) in [6.07, 6.45) is 0. The van der Waals surface area contributed by atoms with Crippen molar-refractivity contribution in [2.75, 3.05) is 19.6 Å². The Labute approximate surface area is 876 Å². The Kier molecular flexibility index (Phi) is 20.7. The molecule has 0 unspecified atom stereocenters. The number of benzene rings is 21. The summed E-state index contributed by atoms with van der Waals surface area (Å²) >= 11 is 9.02. The highest BCUT2D eigenvalue weighted by Gasteiger charge is 2.28. The second-order valence-electron chi connectivity index (χ2n) is 37.5. The Morgan fingerprint density at radius 2 is 0.380 bits per heavy atom. The maximum atomic E-state index is 6.57. The van der Waals surface area contributed by atoms with E-state index in [2.05, 4.69) is 456 Å². The van der Waals surface area contributed by atoms with Gasteiger partial charge in [-0.25, -0.2) is 0 Å². The smallest absolute Gasteiger partial charge is 0.154 e. The molecule has 0 spiro atoms. The van der Waals surface area contributed by atoms with Crippen molar-refractivity contribution >= 4 is 336 Å². The molecule has 0 aliphatic rings. The third-order valence-corrected chi connectivity index (χ3v) is 34.5. The summed E-state index contributed by atoms with van der Waals surface area (Å²) in [7, 11) is 0. The summed E-state index contributed by atoms with van der Waals surface area (Å²) in [5.41, 5.74) is 28.1. The van der Waals surface area contributed by atoms with Crippen molar-refractivity contribution in [2.24, 2.45) is 0 Å². The fourth-order valence-electron chi connectivity index (χ4n) is 21.8. The molecule has 0 bridgehead atoms. The van der Waals surface area contributed by atoms with E-state index in [-0.39, 0.29) is 0 Å². The molecule has 0 fully saturated rings. The van der Waals surface area contributed by atoms with Crippen LogP contribution in [0.15, 0.2) is 516 Å². The van der Waals surface area contributed by atoms with Crippen molar-refractivity contribution in [3.05, 3.63) is 485 Å². The summed E-state index contributed by atoms with van der Waals surface area (Å²) in [5, 5.41) is 18.6. The molecule has 33 aromatic rings. The minimum atomic E-state index is 0.879. The molecule has 150 heavy (non-hydrogen) atoms. The highest BCUT2D eigenvalue weighted by Crippen LogP contribution is 2.53. The molecular weight excluding hydrogens is 1940 g/mol. The number of hydrogen-bond donors (Lipinski definition) is 0. The molecule has 16 heteroatoms. The van der Waals surface area contributed by atoms with Gasteiger partial charge in [-0.2, -0.15) is 0 Å². The first kappa shape index (κ1) is 86.9. The number of anilines is 12. The molecule has 12 aromatic heterocycles. The summed E-state index contributed by atoms with van der Waals surface area (Å²) in [5.74, 6) is 0. The fraction of sp³-hybridized carbons (Fsp3) is 0. The fourth-order valence-corrected chi connectivity index (χ4v) is 27.6. The lowest BCUT2D eigenvalue weighted by molar-refractivity contribution is 0.668. The predicted octanol–water partition coefficient (Wildman–Crippen LogP) is 42.8. The van der Waals surface area contributed by atoms with Crippen LogP contribution in [-0.4, -0.2) is 0 Å². The van der Waals surface area contributed by atoms with Gasteiger partial charge in [-0.05, 0) is 236 Å². The molecule has 0 saturated carbocycles. The maximum absolute atomic E-state index is 6.57. The van der Waals surface area contributed by atoms with Gasteiger partial charge in [-0.3, -0.25) is 0 Å². The van der Waals surface area contributed by atoms with Gasteiger partial charge in [0, 0.05) is 207 Å². The highest BCUT2D eigenvalue weighted by molar-refractivity contribution is 7.28. The average molecular weight is 2020 g/mol. The number of furan rings is 7. The second kappa shape index (κ2) is 35.7. The maximum Gasteiger partial charge on any atom is 0.154 e. The lowest BCUT2D eigenvalue weighted by Gasteiger charge is -2.28. The van der Waals surface area contributed by atoms with Gasteiger partial charge >= 0.3 is 0 Å². The van der Waals surface area contributed by atoms with E-state index < -0.39 is 0 Å². The zero-order valence-corrected chi connectivity index (χ0v) is 84.0. The number of para-hydroxylation sites is 7. The van der Waals surface area contributed by atoms with Gasteiger partial charge in [0.2, 0.25) is 0 Å². The molecule has 0 aliphatic carbocycles. The standard InChI is InChI=1S/C38H23NO2S.2C32H19NO2S.C32H19NOS2/c1-2-10-24(11-3-1)27-12-4-7-15-32(27)39(25-19-21-34-31(22-25)28-13-5-8-16-33(28)40-34)26-18-20-29-35(23-26)41-37-30-14-6-9-17-36(30)42-38(29)37;2*1-2-8-20(9-3-1)33(21-15-17-28-26(18-21)23-10-4-6-12-27(23)34-28)22-14-16-24-29(19-22)35-31-25-11-5-7-13-30(25)36-32(24)31;1-2-8-20(9-3-1)33(22-14-16-24-23-10-4-6-12-28(23)35-30(24)19-22)21-15-17-25-27(18-21)34-31-26-11-5-7-13-29(26)36-32(25)31/h1-23H;3*1-19H. The first-order valence-corrected chi connectivity index (χ1v) is 53.9. The molecule has 708 valence electrons. The van der Waals surface area contributed by atoms with Crippen molar-refractivity contribution in [2.45, 2.75) is 0 Å². The van der Waals surface area contributed by atoms with Crippen LogP contribution in [0.25, 0.3) is 222 Å². The zero-order chi connectivity index (χ0) is 98.5. The van der Waals surface area contributed by atoms with Crippen molar-refractivity contribution < 1.29 is 30.9 Å². The van der Waals surface area contributed by atoms with Crippen LogP contribution >= 0.6 is 56.7 Å². The van der Waals surface area contributed by atoms with E-state index in [0.29, 0.717) is 0 Å². The SMILES string of the molecule is c1ccc(-c2ccccc2N(c2ccc3c(c2)oc2c4ccccc4sc32)c2ccc3oc4ccccc4c3c2)cc1.c1ccc(N(c2ccc3c(c2)oc2c4ccccc4sc32)c2ccc3c(c2)sc2ccccc23)cc1.c1ccc(N(c2ccc3c(c2)oc2c4ccccc4sc32)c2ccc3oc4ccccc4c3c2)cc1.c1ccc(N(c2ccc3c(c2)oc2c4ccccc4sc32)c2ccc3oc4ccccc4c3c2)cc1. The van der Waals surface area contributed by atoms with Gasteiger partial charge in [-0.1, -0.05) is 231 Å². The lowest BCUT2D eigenvalue weighted by atomic mass is 10.0. The van der Waals surface area contributed by atoms with Crippen molar-refractivity contribution in [3.63, 3.8) is 0 Å². The second-order valence-corrected chi connectivity index (χ2v) is 42.8. The number of hydrogen-bond acceptors (Lipinski definition) is 16. The van der Waals surface area contributed by atoms with Crippen LogP contribution in [0.5, 0.6) is 0 Å². The summed E-state index contributed by atoms with van der Waals surface area (Å²) in [4.78, 5) is 9.19. The normalized spacial score (nSPS) is 11.9.